The van der Waals surface area contributed by atoms with Crippen LogP contribution in [0.5, 0.6) is 5.88 Å². The first-order valence-corrected chi connectivity index (χ1v) is 2.83. The lowest BCUT2D eigenvalue weighted by Crippen LogP contribution is -2.35. The van der Waals surface area contributed by atoms with Gasteiger partial charge in [-0.15, -0.1) is 0 Å². The van der Waals surface area contributed by atoms with Gasteiger partial charge >= 0.3 is 5.97 Å². The third-order valence-corrected chi connectivity index (χ3v) is 0.970. The molecular weight excluding hydrogens is 150 g/mol. The molecule has 0 unspecified atom stereocenters. The molecule has 11 heavy (non-hydrogen) atoms. The van der Waals surface area contributed by atoms with Gasteiger partial charge in [0.1, 0.15) is 0 Å². The summed E-state index contributed by atoms with van der Waals surface area (Å²) >= 11 is 0. The first-order valence-electron chi connectivity index (χ1n) is 2.83. The van der Waals surface area contributed by atoms with Gasteiger partial charge in [0.05, 0.1) is 12.5 Å². The number of hydrogen-bond donors (Lipinski definition) is 3. The number of imidazole rings is 1. The number of carboxylic acids is 1. The van der Waals surface area contributed by atoms with Crippen LogP contribution < -0.4 is 10.5 Å². The van der Waals surface area contributed by atoms with Gasteiger partial charge in [-0.25, -0.2) is 9.78 Å². The molecule has 0 aliphatic heterocycles. The van der Waals surface area contributed by atoms with Crippen LogP contribution in [0.4, 0.5) is 0 Å². The second-order valence-corrected chi connectivity index (χ2v) is 1.79. The molecule has 0 aliphatic carbocycles. The molecule has 0 aliphatic rings. The Morgan fingerprint density at radius 2 is 2.64 bits per heavy atom. The number of nitrogens with two attached hydrogens (primary N) is 1. The number of rotatable bonds is 3. The summed E-state index contributed by atoms with van der Waals surface area (Å²) in [5, 5.41) is 8.30. The number of carbonyl (C=O) groups is 1. The topological polar surface area (TPSA) is 101 Å². The summed E-state index contributed by atoms with van der Waals surface area (Å²) in [5.41, 5.74) is 5.04. The van der Waals surface area contributed by atoms with Crippen molar-refractivity contribution in [2.24, 2.45) is 5.73 Å². The van der Waals surface area contributed by atoms with Gasteiger partial charge in [-0.05, 0) is 0 Å². The van der Waals surface area contributed by atoms with E-state index in [4.69, 9.17) is 10.8 Å². The molecule has 0 radical (unpaired) electrons. The number of carboxylic acid groups (broad SMARTS) is 1. The molecule has 6 nitrogen and oxygen atoms in total. The zero-order chi connectivity index (χ0) is 8.27. The van der Waals surface area contributed by atoms with Crippen LogP contribution in [0.3, 0.4) is 0 Å². The van der Waals surface area contributed by atoms with Crippen LogP contribution in [0.2, 0.25) is 0 Å². The predicted molar refractivity (Wildman–Crippen MR) is 34.8 cm³/mol. The summed E-state index contributed by atoms with van der Waals surface area (Å²) in [4.78, 5) is 16.3. The second-order valence-electron chi connectivity index (χ2n) is 1.79. The van der Waals surface area contributed by atoms with Gasteiger partial charge in [0.2, 0.25) is 12.1 Å². The fraction of sp³-hybridized carbons (Fsp3) is 0.200. The molecule has 1 heterocycles. The minimum atomic E-state index is -1.35. The molecule has 0 spiro atoms. The van der Waals surface area contributed by atoms with Crippen molar-refractivity contribution in [1.82, 2.24) is 9.97 Å². The zero-order valence-electron chi connectivity index (χ0n) is 5.52. The van der Waals surface area contributed by atoms with Crippen molar-refractivity contribution in [3.63, 3.8) is 0 Å². The largest absolute Gasteiger partial charge is 0.477 e. The van der Waals surface area contributed by atoms with Gasteiger partial charge in [0.15, 0.2) is 0 Å². The highest BCUT2D eigenvalue weighted by Gasteiger charge is 2.12. The Hall–Kier alpha value is -1.56. The molecule has 0 saturated heterocycles. The Bertz CT molecular complexity index is 233. The summed E-state index contributed by atoms with van der Waals surface area (Å²) in [6.07, 6.45) is 1.35. The molecule has 0 amide bonds. The molecule has 1 atom stereocenters. The molecule has 0 aromatic carbocycles. The predicted octanol–water partition coefficient (Wildman–Crippen LogP) is -0.842. The van der Waals surface area contributed by atoms with E-state index < -0.39 is 12.2 Å². The third kappa shape index (κ3) is 1.94. The van der Waals surface area contributed by atoms with E-state index in [0.717, 1.165) is 0 Å². The van der Waals surface area contributed by atoms with Crippen LogP contribution >= 0.6 is 0 Å². The van der Waals surface area contributed by atoms with E-state index in [0.29, 0.717) is 0 Å². The van der Waals surface area contributed by atoms with Gasteiger partial charge in [-0.3, -0.25) is 5.73 Å². The number of nitrogens with one attached hydrogen (secondary N) is 1. The van der Waals surface area contributed by atoms with Gasteiger partial charge < -0.3 is 14.8 Å². The molecule has 1 aromatic rings. The van der Waals surface area contributed by atoms with E-state index in [1.54, 1.807) is 0 Å². The van der Waals surface area contributed by atoms with Crippen LogP contribution in [0.15, 0.2) is 12.5 Å². The molecule has 0 saturated carbocycles. The van der Waals surface area contributed by atoms with E-state index >= 15 is 0 Å². The summed E-state index contributed by atoms with van der Waals surface area (Å²) in [5.74, 6) is -0.987. The summed E-state index contributed by atoms with van der Waals surface area (Å²) in [6.45, 7) is 0. The number of nitrogens with zero attached hydrogens (tertiary/aromatic N) is 1. The average molecular weight is 157 g/mol. The van der Waals surface area contributed by atoms with Crippen LogP contribution in [-0.2, 0) is 4.79 Å². The first-order chi connectivity index (χ1) is 5.20. The van der Waals surface area contributed by atoms with E-state index in [9.17, 15) is 4.79 Å². The van der Waals surface area contributed by atoms with Gasteiger partial charge in [-0.1, -0.05) is 0 Å². The van der Waals surface area contributed by atoms with Crippen LogP contribution in [0.1, 0.15) is 0 Å². The highest BCUT2D eigenvalue weighted by Crippen LogP contribution is 2.02. The number of aliphatic carboxylic acids is 1. The quantitative estimate of drug-likeness (QED) is 0.496. The lowest BCUT2D eigenvalue weighted by Gasteiger charge is -2.05. The van der Waals surface area contributed by atoms with Crippen molar-refractivity contribution in [2.75, 3.05) is 0 Å². The van der Waals surface area contributed by atoms with Crippen LogP contribution in [0, 0.1) is 0 Å². The number of aromatic nitrogens is 2. The molecule has 6 heteroatoms. The summed E-state index contributed by atoms with van der Waals surface area (Å²) in [7, 11) is 0. The molecule has 60 valence electrons. The summed E-state index contributed by atoms with van der Waals surface area (Å²) < 4.78 is 4.68. The van der Waals surface area contributed by atoms with Crippen molar-refractivity contribution in [2.45, 2.75) is 6.23 Å². The number of aromatic amines is 1. The number of H-pyrrole nitrogens is 1. The van der Waals surface area contributed by atoms with E-state index in [1.807, 2.05) is 0 Å². The Morgan fingerprint density at radius 3 is 3.09 bits per heavy atom. The number of hydrogen-bond acceptors (Lipinski definition) is 4. The standard InChI is InChI=1S/C5H7N3O3/c6-4(5(9)10)11-3-1-7-2-8-3/h1-2,4H,6H2,(H,7,8)(H,9,10)/t4-/m0/s1. The fourth-order valence-electron chi connectivity index (χ4n) is 0.495. The minimum absolute atomic E-state index is 0.236. The molecular formula is C5H7N3O3. The zero-order valence-corrected chi connectivity index (χ0v) is 5.52. The Labute approximate surface area is 62.0 Å². The van der Waals surface area contributed by atoms with E-state index in [2.05, 4.69) is 14.7 Å². The van der Waals surface area contributed by atoms with Crippen molar-refractivity contribution in [1.29, 1.82) is 0 Å². The lowest BCUT2D eigenvalue weighted by molar-refractivity contribution is -0.144. The highest BCUT2D eigenvalue weighted by molar-refractivity contribution is 5.71. The third-order valence-electron chi connectivity index (χ3n) is 0.970. The first kappa shape index (κ1) is 7.55. The smallest absolute Gasteiger partial charge is 0.360 e. The SMILES string of the molecule is N[C@@H](Oc1cnc[nH]1)C(=O)O. The Balaban J connectivity index is 2.50. The van der Waals surface area contributed by atoms with Crippen LogP contribution in [-0.4, -0.2) is 27.3 Å². The lowest BCUT2D eigenvalue weighted by atomic mass is 10.6. The minimum Gasteiger partial charge on any atom is -0.477 e. The van der Waals surface area contributed by atoms with Gasteiger partial charge in [-0.2, -0.15) is 0 Å². The van der Waals surface area contributed by atoms with Crippen molar-refractivity contribution in [3.8, 4) is 5.88 Å². The molecule has 1 aromatic heterocycles. The van der Waals surface area contributed by atoms with E-state index in [1.165, 1.54) is 12.5 Å². The Morgan fingerprint density at radius 1 is 1.91 bits per heavy atom. The second kappa shape index (κ2) is 3.02. The van der Waals surface area contributed by atoms with Crippen molar-refractivity contribution >= 4 is 5.97 Å². The maximum atomic E-state index is 10.1. The normalized spacial score (nSPS) is 12.5. The van der Waals surface area contributed by atoms with Gasteiger partial charge in [0.25, 0.3) is 0 Å². The molecule has 4 N–H and O–H groups in total. The highest BCUT2D eigenvalue weighted by atomic mass is 16.5. The van der Waals surface area contributed by atoms with Crippen molar-refractivity contribution in [3.05, 3.63) is 12.5 Å². The van der Waals surface area contributed by atoms with Gasteiger partial charge in [0, 0.05) is 0 Å². The van der Waals surface area contributed by atoms with E-state index in [-0.39, 0.29) is 5.88 Å². The number of ether oxygens (including phenoxy) is 1. The maximum absolute atomic E-state index is 10.1. The Kier molecular flexibility index (Phi) is 2.07. The molecule has 0 fully saturated rings. The van der Waals surface area contributed by atoms with Crippen LogP contribution in [0.25, 0.3) is 0 Å². The summed E-state index contributed by atoms with van der Waals surface area (Å²) in [6, 6.07) is 0. The maximum Gasteiger partial charge on any atom is 0.360 e. The molecule has 1 rings (SSSR count). The average Bonchev–Trinajstić information content (AvgIpc) is 2.39. The monoisotopic (exact) mass is 157 g/mol. The van der Waals surface area contributed by atoms with Crippen molar-refractivity contribution < 1.29 is 14.6 Å². The fourth-order valence-corrected chi connectivity index (χ4v) is 0.495. The molecule has 0 bridgehead atoms.